The molecular formula is C8H7NO6S2. The molecular weight excluding hydrogens is 270 g/mol. The van der Waals surface area contributed by atoms with E-state index in [1.807, 2.05) is 0 Å². The molecule has 0 atom stereocenters. The number of nitrogens with one attached hydrogen (secondary N) is 1. The Bertz CT molecular complexity index is 725. The quantitative estimate of drug-likeness (QED) is 0.797. The molecule has 0 radical (unpaired) electrons. The highest BCUT2D eigenvalue weighted by Crippen LogP contribution is 2.20. The molecule has 7 nitrogen and oxygen atoms in total. The van der Waals surface area contributed by atoms with Crippen LogP contribution in [0.3, 0.4) is 0 Å². The van der Waals surface area contributed by atoms with Crippen LogP contribution in [0.5, 0.6) is 0 Å². The highest BCUT2D eigenvalue weighted by atomic mass is 32.3. The lowest BCUT2D eigenvalue weighted by atomic mass is 10.3. The number of aromatic nitrogens is 1. The molecule has 0 fully saturated rings. The number of aromatic amines is 1. The van der Waals surface area contributed by atoms with E-state index < -0.39 is 25.5 Å². The zero-order chi connectivity index (χ0) is 12.7. The van der Waals surface area contributed by atoms with E-state index in [4.69, 9.17) is 4.55 Å². The lowest BCUT2D eigenvalue weighted by Crippen LogP contribution is -2.12. The predicted molar refractivity (Wildman–Crippen MR) is 58.1 cm³/mol. The summed E-state index contributed by atoms with van der Waals surface area (Å²) >= 11 is 0. The van der Waals surface area contributed by atoms with E-state index in [-0.39, 0.29) is 0 Å². The van der Waals surface area contributed by atoms with E-state index in [0.717, 1.165) is 0 Å². The summed E-state index contributed by atoms with van der Waals surface area (Å²) in [7, 11) is -9.65. The molecule has 0 amide bonds. The van der Waals surface area contributed by atoms with E-state index in [1.165, 1.54) is 6.07 Å². The molecule has 0 aliphatic carbocycles. The fourth-order valence-corrected chi connectivity index (χ4v) is 3.04. The summed E-state index contributed by atoms with van der Waals surface area (Å²) in [6.45, 7) is 0. The molecule has 2 N–H and O–H groups in total. The maximum Gasteiger partial charge on any atom is 0.412 e. The van der Waals surface area contributed by atoms with Gasteiger partial charge in [-0.25, -0.2) is 0 Å². The first-order chi connectivity index (χ1) is 7.78. The summed E-state index contributed by atoms with van der Waals surface area (Å²) in [5, 5.41) is 0.126. The van der Waals surface area contributed by atoms with Crippen molar-refractivity contribution in [3.8, 4) is 0 Å². The van der Waals surface area contributed by atoms with Crippen LogP contribution in [0, 0.1) is 0 Å². The number of benzene rings is 1. The molecule has 1 aromatic heterocycles. The Balaban J connectivity index is 2.53. The Kier molecular flexibility index (Phi) is 2.70. The Hall–Kier alpha value is -1.42. The molecule has 0 spiro atoms. The lowest BCUT2D eigenvalue weighted by molar-refractivity contribution is 0.383. The average Bonchev–Trinajstić information content (AvgIpc) is 2.57. The molecule has 92 valence electrons. The molecule has 0 saturated carbocycles. The number of fused-ring (bicyclic) bond motifs is 1. The zero-order valence-corrected chi connectivity index (χ0v) is 9.82. The van der Waals surface area contributed by atoms with Gasteiger partial charge in [0.25, 0.3) is 0 Å². The van der Waals surface area contributed by atoms with Crippen molar-refractivity contribution in [3.05, 3.63) is 30.3 Å². The number of H-pyrrole nitrogens is 1. The Morgan fingerprint density at radius 2 is 1.76 bits per heavy atom. The maximum atomic E-state index is 11.4. The van der Waals surface area contributed by atoms with Crippen LogP contribution in [0.25, 0.3) is 10.9 Å². The van der Waals surface area contributed by atoms with E-state index in [2.05, 4.69) is 8.61 Å². The first-order valence-corrected chi connectivity index (χ1v) is 7.06. The van der Waals surface area contributed by atoms with Gasteiger partial charge in [0.2, 0.25) is 0 Å². The van der Waals surface area contributed by atoms with Crippen molar-refractivity contribution < 1.29 is 25.0 Å². The summed E-state index contributed by atoms with van der Waals surface area (Å²) in [5.74, 6) is 0. The Labute approximate surface area is 97.1 Å². The van der Waals surface area contributed by atoms with Crippen molar-refractivity contribution >= 4 is 31.4 Å². The molecule has 0 aliphatic rings. The van der Waals surface area contributed by atoms with Gasteiger partial charge in [-0.1, -0.05) is 18.2 Å². The molecule has 17 heavy (non-hydrogen) atoms. The minimum atomic E-state index is -5.08. The van der Waals surface area contributed by atoms with Gasteiger partial charge in [0.05, 0.1) is 0 Å². The highest BCUT2D eigenvalue weighted by Gasteiger charge is 2.24. The molecule has 0 aliphatic heterocycles. The normalized spacial score (nSPS) is 13.0. The summed E-state index contributed by atoms with van der Waals surface area (Å²) in [5.41, 5.74) is 0.505. The second-order valence-electron chi connectivity index (χ2n) is 3.17. The van der Waals surface area contributed by atoms with Crippen LogP contribution in [0.2, 0.25) is 0 Å². The zero-order valence-electron chi connectivity index (χ0n) is 8.19. The summed E-state index contributed by atoms with van der Waals surface area (Å²) in [4.78, 5) is 2.47. The smallest absolute Gasteiger partial charge is 0.344 e. The van der Waals surface area contributed by atoms with Crippen LogP contribution in [-0.4, -0.2) is 26.4 Å². The average molecular weight is 277 g/mol. The molecule has 1 heterocycles. The summed E-state index contributed by atoms with van der Waals surface area (Å²) in [6, 6.07) is 7.82. The topological polar surface area (TPSA) is 114 Å². The van der Waals surface area contributed by atoms with E-state index in [0.29, 0.717) is 10.9 Å². The van der Waals surface area contributed by atoms with Crippen molar-refractivity contribution in [2.75, 3.05) is 0 Å². The van der Waals surface area contributed by atoms with E-state index in [1.54, 1.807) is 24.3 Å². The number of hydrogen-bond donors (Lipinski definition) is 2. The van der Waals surface area contributed by atoms with Crippen molar-refractivity contribution in [1.29, 1.82) is 0 Å². The molecule has 2 aromatic rings. The second kappa shape index (κ2) is 3.81. The SMILES string of the molecule is O=S(=O)(O)OS(=O)(=O)c1cc2ccccc2[nH]1. The first kappa shape index (κ1) is 12.0. The van der Waals surface area contributed by atoms with Gasteiger partial charge in [0.15, 0.2) is 5.03 Å². The molecule has 0 unspecified atom stereocenters. The van der Waals surface area contributed by atoms with E-state index in [9.17, 15) is 16.8 Å². The van der Waals surface area contributed by atoms with Crippen LogP contribution >= 0.6 is 0 Å². The molecule has 9 heteroatoms. The third-order valence-electron chi connectivity index (χ3n) is 1.95. The van der Waals surface area contributed by atoms with Crippen LogP contribution in [0.15, 0.2) is 35.4 Å². The number of hydrogen-bond acceptors (Lipinski definition) is 5. The highest BCUT2D eigenvalue weighted by molar-refractivity contribution is 7.97. The standard InChI is InChI=1S/C8H7NO6S2/c10-16(11,15-17(12,13)14)8-5-6-3-1-2-4-7(6)9-8/h1-5,9H,(H,12,13,14). The van der Waals surface area contributed by atoms with Crippen LogP contribution in [0.1, 0.15) is 0 Å². The van der Waals surface area contributed by atoms with Crippen molar-refractivity contribution in [3.63, 3.8) is 0 Å². The first-order valence-electron chi connectivity index (χ1n) is 4.29. The Morgan fingerprint density at radius 3 is 2.35 bits per heavy atom. The fourth-order valence-electron chi connectivity index (χ4n) is 1.33. The number of rotatable bonds is 3. The van der Waals surface area contributed by atoms with Gasteiger partial charge in [0, 0.05) is 10.9 Å². The second-order valence-corrected chi connectivity index (χ2v) is 5.92. The van der Waals surface area contributed by atoms with Crippen molar-refractivity contribution in [2.45, 2.75) is 5.03 Å². The molecule has 0 bridgehead atoms. The van der Waals surface area contributed by atoms with Crippen LogP contribution in [0.4, 0.5) is 0 Å². The van der Waals surface area contributed by atoms with E-state index >= 15 is 0 Å². The third kappa shape index (κ3) is 2.64. The van der Waals surface area contributed by atoms with Gasteiger partial charge in [0.1, 0.15) is 0 Å². The molecule has 2 rings (SSSR count). The third-order valence-corrected chi connectivity index (χ3v) is 4.11. The Morgan fingerprint density at radius 1 is 1.12 bits per heavy atom. The van der Waals surface area contributed by atoms with Gasteiger partial charge >= 0.3 is 20.5 Å². The maximum absolute atomic E-state index is 11.4. The summed E-state index contributed by atoms with van der Waals surface area (Å²) in [6.07, 6.45) is 0. The fraction of sp³-hybridized carbons (Fsp3) is 0. The minimum absolute atomic E-state index is 0.448. The molecule has 1 aromatic carbocycles. The predicted octanol–water partition coefficient (Wildman–Crippen LogP) is 0.676. The van der Waals surface area contributed by atoms with Gasteiger partial charge in [-0.3, -0.25) is 4.55 Å². The lowest BCUT2D eigenvalue weighted by Gasteiger charge is -1.98. The van der Waals surface area contributed by atoms with Gasteiger partial charge < -0.3 is 4.98 Å². The van der Waals surface area contributed by atoms with Crippen molar-refractivity contribution in [2.24, 2.45) is 0 Å². The largest absolute Gasteiger partial charge is 0.412 e. The van der Waals surface area contributed by atoms with Gasteiger partial charge in [-0.05, 0) is 12.1 Å². The van der Waals surface area contributed by atoms with Crippen LogP contribution < -0.4 is 0 Å². The monoisotopic (exact) mass is 277 g/mol. The van der Waals surface area contributed by atoms with Crippen molar-refractivity contribution in [1.82, 2.24) is 4.98 Å². The van der Waals surface area contributed by atoms with Gasteiger partial charge in [-0.2, -0.15) is 16.8 Å². The summed E-state index contributed by atoms with van der Waals surface area (Å²) < 4.78 is 55.6. The number of para-hydroxylation sites is 1. The molecule has 0 saturated heterocycles. The van der Waals surface area contributed by atoms with Gasteiger partial charge in [-0.15, -0.1) is 3.63 Å². The van der Waals surface area contributed by atoms with Crippen LogP contribution in [-0.2, 0) is 24.1 Å². The minimum Gasteiger partial charge on any atom is -0.344 e.